The minimum absolute atomic E-state index is 0.0801. The van der Waals surface area contributed by atoms with E-state index in [1.54, 1.807) is 19.4 Å². The van der Waals surface area contributed by atoms with E-state index < -0.39 is 11.7 Å². The van der Waals surface area contributed by atoms with E-state index in [-0.39, 0.29) is 5.91 Å². The number of rotatable bonds is 4. The Morgan fingerprint density at radius 1 is 1.25 bits per heavy atom. The Labute approximate surface area is 141 Å². The second kappa shape index (κ2) is 6.95. The van der Waals surface area contributed by atoms with Crippen LogP contribution in [-0.2, 0) is 16.0 Å². The lowest BCUT2D eigenvalue weighted by atomic mass is 10.1. The largest absolute Gasteiger partial charge is 0.497 e. The standard InChI is InChI=1S/C18H24N2O4/c1-12(21)19-9-8-13-11-20(17(22)24-18(2,3)4)16-7-6-14(23-5)10-15(13)16/h6-7,10-11H,8-9H2,1-5H3,(H,19,21). The number of carbonyl (C=O) groups excluding carboxylic acids is 2. The number of ether oxygens (including phenoxy) is 2. The molecular weight excluding hydrogens is 308 g/mol. The van der Waals surface area contributed by atoms with Gasteiger partial charge in [-0.3, -0.25) is 9.36 Å². The number of aromatic nitrogens is 1. The summed E-state index contributed by atoms with van der Waals surface area (Å²) in [5, 5.41) is 3.68. The lowest BCUT2D eigenvalue weighted by Gasteiger charge is -2.19. The van der Waals surface area contributed by atoms with Crippen LogP contribution in [0.25, 0.3) is 10.9 Å². The highest BCUT2D eigenvalue weighted by atomic mass is 16.6. The van der Waals surface area contributed by atoms with Crippen molar-refractivity contribution in [3.63, 3.8) is 0 Å². The number of amides is 1. The minimum atomic E-state index is -0.573. The van der Waals surface area contributed by atoms with Crippen LogP contribution in [0, 0.1) is 0 Å². The number of hydrogen-bond acceptors (Lipinski definition) is 4. The van der Waals surface area contributed by atoms with Gasteiger partial charge in [-0.25, -0.2) is 4.79 Å². The highest BCUT2D eigenvalue weighted by Gasteiger charge is 2.21. The molecule has 130 valence electrons. The SMILES string of the molecule is COc1ccc2c(c1)c(CCNC(C)=O)cn2C(=O)OC(C)(C)C. The topological polar surface area (TPSA) is 69.6 Å². The van der Waals surface area contributed by atoms with Gasteiger partial charge in [0.25, 0.3) is 0 Å². The molecular formula is C18H24N2O4. The van der Waals surface area contributed by atoms with Crippen molar-refractivity contribution in [1.29, 1.82) is 0 Å². The number of benzene rings is 1. The number of nitrogens with zero attached hydrogens (tertiary/aromatic N) is 1. The van der Waals surface area contributed by atoms with Crippen molar-refractivity contribution in [1.82, 2.24) is 9.88 Å². The Bertz CT molecular complexity index is 756. The van der Waals surface area contributed by atoms with Gasteiger partial charge in [0.2, 0.25) is 5.91 Å². The molecule has 0 aliphatic heterocycles. The van der Waals surface area contributed by atoms with Crippen LogP contribution >= 0.6 is 0 Å². The van der Waals surface area contributed by atoms with E-state index in [0.717, 1.165) is 16.5 Å². The van der Waals surface area contributed by atoms with Gasteiger partial charge < -0.3 is 14.8 Å². The highest BCUT2D eigenvalue weighted by molar-refractivity contribution is 5.93. The molecule has 6 nitrogen and oxygen atoms in total. The zero-order valence-corrected chi connectivity index (χ0v) is 14.8. The molecule has 1 aromatic heterocycles. The summed E-state index contributed by atoms with van der Waals surface area (Å²) in [5.41, 5.74) is 1.13. The number of carbonyl (C=O) groups is 2. The summed E-state index contributed by atoms with van der Waals surface area (Å²) in [7, 11) is 1.60. The summed E-state index contributed by atoms with van der Waals surface area (Å²) >= 11 is 0. The maximum atomic E-state index is 12.5. The van der Waals surface area contributed by atoms with Crippen LogP contribution in [-0.4, -0.2) is 35.8 Å². The van der Waals surface area contributed by atoms with Gasteiger partial charge in [0.15, 0.2) is 0 Å². The highest BCUT2D eigenvalue weighted by Crippen LogP contribution is 2.27. The average molecular weight is 332 g/mol. The molecule has 0 aliphatic rings. The Morgan fingerprint density at radius 3 is 2.54 bits per heavy atom. The number of methoxy groups -OCH3 is 1. The molecule has 0 radical (unpaired) electrons. The monoisotopic (exact) mass is 332 g/mol. The molecule has 0 atom stereocenters. The third-order valence-electron chi connectivity index (χ3n) is 3.45. The van der Waals surface area contributed by atoms with Gasteiger partial charge in [-0.15, -0.1) is 0 Å². The smallest absolute Gasteiger partial charge is 0.419 e. The van der Waals surface area contributed by atoms with E-state index in [2.05, 4.69) is 5.32 Å². The summed E-state index contributed by atoms with van der Waals surface area (Å²) in [6.45, 7) is 7.47. The fourth-order valence-corrected chi connectivity index (χ4v) is 2.44. The molecule has 0 bridgehead atoms. The van der Waals surface area contributed by atoms with Gasteiger partial charge in [0.1, 0.15) is 11.4 Å². The predicted molar refractivity (Wildman–Crippen MR) is 92.5 cm³/mol. The van der Waals surface area contributed by atoms with Gasteiger partial charge >= 0.3 is 6.09 Å². The van der Waals surface area contributed by atoms with E-state index in [9.17, 15) is 9.59 Å². The Hall–Kier alpha value is -2.50. The third kappa shape index (κ3) is 4.28. The molecule has 24 heavy (non-hydrogen) atoms. The van der Waals surface area contributed by atoms with Crippen LogP contribution < -0.4 is 10.1 Å². The summed E-state index contributed by atoms with van der Waals surface area (Å²) < 4.78 is 12.2. The van der Waals surface area contributed by atoms with E-state index in [4.69, 9.17) is 9.47 Å². The maximum Gasteiger partial charge on any atom is 0.419 e. The van der Waals surface area contributed by atoms with E-state index >= 15 is 0 Å². The van der Waals surface area contributed by atoms with E-state index in [0.29, 0.717) is 18.7 Å². The number of nitrogens with one attached hydrogen (secondary N) is 1. The molecule has 0 saturated heterocycles. The van der Waals surface area contributed by atoms with Crippen LogP contribution in [0.2, 0.25) is 0 Å². The Morgan fingerprint density at radius 2 is 1.96 bits per heavy atom. The van der Waals surface area contributed by atoms with Gasteiger partial charge in [0.05, 0.1) is 12.6 Å². The van der Waals surface area contributed by atoms with Crippen molar-refractivity contribution in [3.8, 4) is 5.75 Å². The second-order valence-electron chi connectivity index (χ2n) is 6.62. The van der Waals surface area contributed by atoms with Gasteiger partial charge in [-0.2, -0.15) is 0 Å². The van der Waals surface area contributed by atoms with Crippen molar-refractivity contribution in [2.45, 2.75) is 39.7 Å². The molecule has 0 unspecified atom stereocenters. The second-order valence-corrected chi connectivity index (χ2v) is 6.62. The lowest BCUT2D eigenvalue weighted by Crippen LogP contribution is -2.26. The maximum absolute atomic E-state index is 12.5. The third-order valence-corrected chi connectivity index (χ3v) is 3.45. The van der Waals surface area contributed by atoms with Crippen LogP contribution in [0.4, 0.5) is 4.79 Å². The summed E-state index contributed by atoms with van der Waals surface area (Å²) in [6.07, 6.45) is 1.95. The molecule has 2 aromatic rings. The van der Waals surface area contributed by atoms with E-state index in [1.165, 1.54) is 11.5 Å². The molecule has 0 spiro atoms. The van der Waals surface area contributed by atoms with Crippen LogP contribution in [0.5, 0.6) is 5.75 Å². The lowest BCUT2D eigenvalue weighted by molar-refractivity contribution is -0.118. The van der Waals surface area contributed by atoms with Crippen molar-refractivity contribution in [3.05, 3.63) is 30.0 Å². The van der Waals surface area contributed by atoms with Crippen molar-refractivity contribution in [2.75, 3.05) is 13.7 Å². The van der Waals surface area contributed by atoms with Crippen molar-refractivity contribution >= 4 is 22.9 Å². The number of hydrogen-bond donors (Lipinski definition) is 1. The van der Waals surface area contributed by atoms with Crippen LogP contribution in [0.15, 0.2) is 24.4 Å². The fraction of sp³-hybridized carbons (Fsp3) is 0.444. The normalized spacial score (nSPS) is 11.4. The zero-order chi connectivity index (χ0) is 17.9. The molecule has 2 rings (SSSR count). The fourth-order valence-electron chi connectivity index (χ4n) is 2.44. The van der Waals surface area contributed by atoms with Gasteiger partial charge in [-0.05, 0) is 51.0 Å². The first-order valence-corrected chi connectivity index (χ1v) is 7.87. The van der Waals surface area contributed by atoms with Crippen molar-refractivity contribution in [2.24, 2.45) is 0 Å². The van der Waals surface area contributed by atoms with Crippen molar-refractivity contribution < 1.29 is 19.1 Å². The predicted octanol–water partition coefficient (Wildman–Crippen LogP) is 3.11. The Kier molecular flexibility index (Phi) is 5.17. The molecule has 1 aromatic carbocycles. The molecule has 6 heteroatoms. The number of fused-ring (bicyclic) bond motifs is 1. The van der Waals surface area contributed by atoms with Gasteiger partial charge in [0, 0.05) is 25.1 Å². The molecule has 0 saturated carbocycles. The average Bonchev–Trinajstić information content (AvgIpc) is 2.83. The molecule has 0 aliphatic carbocycles. The minimum Gasteiger partial charge on any atom is -0.497 e. The first-order valence-electron chi connectivity index (χ1n) is 7.87. The first-order chi connectivity index (χ1) is 11.2. The molecule has 0 fully saturated rings. The molecule has 1 heterocycles. The van der Waals surface area contributed by atoms with Crippen LogP contribution in [0.1, 0.15) is 33.3 Å². The first kappa shape index (κ1) is 17.8. The summed E-state index contributed by atoms with van der Waals surface area (Å²) in [5.74, 6) is 0.633. The zero-order valence-electron chi connectivity index (χ0n) is 14.8. The van der Waals surface area contributed by atoms with Gasteiger partial charge in [-0.1, -0.05) is 0 Å². The Balaban J connectivity index is 2.40. The van der Waals surface area contributed by atoms with E-state index in [1.807, 2.05) is 32.9 Å². The summed E-state index contributed by atoms with van der Waals surface area (Å²) in [4.78, 5) is 23.5. The quantitative estimate of drug-likeness (QED) is 0.934. The molecule has 1 amide bonds. The summed E-state index contributed by atoms with van der Waals surface area (Å²) in [6, 6.07) is 5.53. The van der Waals surface area contributed by atoms with Crippen LogP contribution in [0.3, 0.4) is 0 Å². The molecule has 1 N–H and O–H groups in total.